The van der Waals surface area contributed by atoms with Gasteiger partial charge >= 0.3 is 0 Å². The molecule has 0 aliphatic carbocycles. The summed E-state index contributed by atoms with van der Waals surface area (Å²) in [5, 5.41) is 11.9. The van der Waals surface area contributed by atoms with Crippen LogP contribution in [-0.4, -0.2) is 24.1 Å². The molecule has 1 amide bonds. The summed E-state index contributed by atoms with van der Waals surface area (Å²) in [7, 11) is -1.99. The number of rotatable bonds is 4. The average Bonchev–Trinajstić information content (AvgIpc) is 2.79. The van der Waals surface area contributed by atoms with E-state index in [9.17, 15) is 13.2 Å². The third kappa shape index (κ3) is 3.47. The Hall–Kier alpha value is -2.19. The first-order chi connectivity index (χ1) is 9.81. The van der Waals surface area contributed by atoms with E-state index in [1.807, 2.05) is 6.92 Å². The van der Waals surface area contributed by atoms with Crippen molar-refractivity contribution in [2.45, 2.75) is 18.2 Å². The molecule has 2 rings (SSSR count). The van der Waals surface area contributed by atoms with Crippen molar-refractivity contribution in [1.82, 2.24) is 9.78 Å². The van der Waals surface area contributed by atoms with Crippen LogP contribution in [0.15, 0.2) is 35.4 Å². The van der Waals surface area contributed by atoms with Gasteiger partial charge in [-0.2, -0.15) is 5.10 Å². The van der Waals surface area contributed by atoms with Gasteiger partial charge in [0.05, 0.1) is 16.2 Å². The van der Waals surface area contributed by atoms with Gasteiger partial charge in [0, 0.05) is 18.9 Å². The molecule has 0 atom stereocenters. The van der Waals surface area contributed by atoms with Crippen molar-refractivity contribution in [2.24, 2.45) is 12.2 Å². The zero-order chi connectivity index (χ0) is 15.6. The van der Waals surface area contributed by atoms with Crippen LogP contribution in [0.4, 0.5) is 5.69 Å². The van der Waals surface area contributed by atoms with Gasteiger partial charge in [-0.1, -0.05) is 6.92 Å². The second kappa shape index (κ2) is 5.66. The number of aromatic nitrogens is 2. The second-order valence-electron chi connectivity index (χ2n) is 4.54. The molecule has 0 aliphatic rings. The average molecular weight is 308 g/mol. The first-order valence-corrected chi connectivity index (χ1v) is 7.82. The predicted octanol–water partition coefficient (Wildman–Crippen LogP) is 0.882. The lowest BCUT2D eigenvalue weighted by atomic mass is 10.2. The summed E-state index contributed by atoms with van der Waals surface area (Å²) in [5.41, 5.74) is 1.69. The van der Waals surface area contributed by atoms with Gasteiger partial charge in [0.2, 0.25) is 10.0 Å². The first kappa shape index (κ1) is 15.2. The van der Waals surface area contributed by atoms with Crippen LogP contribution in [0.5, 0.6) is 0 Å². The Balaban J connectivity index is 2.20. The van der Waals surface area contributed by atoms with Crippen molar-refractivity contribution in [1.29, 1.82) is 0 Å². The largest absolute Gasteiger partial charge is 0.322 e. The third-order valence-corrected chi connectivity index (χ3v) is 3.85. The maximum Gasteiger partial charge on any atom is 0.259 e. The molecule has 1 heterocycles. The van der Waals surface area contributed by atoms with Crippen molar-refractivity contribution in [2.75, 3.05) is 5.32 Å². The fourth-order valence-electron chi connectivity index (χ4n) is 1.91. The minimum absolute atomic E-state index is 0.00359. The number of carbonyl (C=O) groups is 1. The zero-order valence-corrected chi connectivity index (χ0v) is 12.5. The summed E-state index contributed by atoms with van der Waals surface area (Å²) in [6.45, 7) is 1.92. The van der Waals surface area contributed by atoms with E-state index in [1.165, 1.54) is 24.3 Å². The summed E-state index contributed by atoms with van der Waals surface area (Å²) in [6.07, 6.45) is 2.29. The Labute approximate surface area is 122 Å². The molecule has 0 saturated heterocycles. The number of nitrogens with zero attached hydrogens (tertiary/aromatic N) is 2. The molecule has 21 heavy (non-hydrogen) atoms. The molecular weight excluding hydrogens is 292 g/mol. The number of primary sulfonamides is 1. The van der Waals surface area contributed by atoms with E-state index in [0.717, 1.165) is 0 Å². The van der Waals surface area contributed by atoms with Gasteiger partial charge in [-0.25, -0.2) is 13.6 Å². The smallest absolute Gasteiger partial charge is 0.259 e. The van der Waals surface area contributed by atoms with Crippen LogP contribution in [0.25, 0.3) is 0 Å². The molecule has 1 aromatic heterocycles. The van der Waals surface area contributed by atoms with Crippen LogP contribution in [0, 0.1) is 0 Å². The number of carbonyl (C=O) groups excluding carboxylic acids is 1. The summed E-state index contributed by atoms with van der Waals surface area (Å²) >= 11 is 0. The number of aryl methyl sites for hydroxylation is 2. The summed E-state index contributed by atoms with van der Waals surface area (Å²) in [4.78, 5) is 12.2. The van der Waals surface area contributed by atoms with E-state index in [2.05, 4.69) is 10.4 Å². The highest BCUT2D eigenvalue weighted by molar-refractivity contribution is 7.89. The Kier molecular flexibility index (Phi) is 4.10. The Morgan fingerprint density at radius 1 is 1.33 bits per heavy atom. The van der Waals surface area contributed by atoms with E-state index in [-0.39, 0.29) is 10.8 Å². The molecule has 0 fully saturated rings. The zero-order valence-electron chi connectivity index (χ0n) is 11.7. The lowest BCUT2D eigenvalue weighted by Gasteiger charge is -2.05. The van der Waals surface area contributed by atoms with E-state index in [0.29, 0.717) is 23.4 Å². The molecule has 0 unspecified atom stereocenters. The number of anilines is 1. The molecule has 3 N–H and O–H groups in total. The fraction of sp³-hybridized carbons (Fsp3) is 0.231. The second-order valence-corrected chi connectivity index (χ2v) is 6.10. The molecule has 0 aliphatic heterocycles. The minimum Gasteiger partial charge on any atom is -0.322 e. The molecule has 0 spiro atoms. The molecule has 112 valence electrons. The number of hydrogen-bond acceptors (Lipinski definition) is 4. The van der Waals surface area contributed by atoms with E-state index in [1.54, 1.807) is 17.9 Å². The van der Waals surface area contributed by atoms with Gasteiger partial charge in [-0.15, -0.1) is 0 Å². The molecule has 0 bridgehead atoms. The molecule has 8 heteroatoms. The molecule has 0 saturated carbocycles. The lowest BCUT2D eigenvalue weighted by molar-refractivity contribution is 0.102. The van der Waals surface area contributed by atoms with Crippen molar-refractivity contribution in [3.8, 4) is 0 Å². The number of hydrogen-bond donors (Lipinski definition) is 2. The molecule has 2 aromatic rings. The highest BCUT2D eigenvalue weighted by Crippen LogP contribution is 2.15. The van der Waals surface area contributed by atoms with Gasteiger partial charge < -0.3 is 5.32 Å². The fourth-order valence-corrected chi connectivity index (χ4v) is 2.43. The molecular formula is C13H16N4O3S. The standard InChI is InChI=1S/C13H16N4O3S/c1-3-12-11(8-17(2)16-12)13(18)15-9-4-6-10(7-5-9)21(14,19)20/h4-8H,3H2,1-2H3,(H,15,18)(H2,14,19,20). The van der Waals surface area contributed by atoms with Crippen LogP contribution in [0.3, 0.4) is 0 Å². The van der Waals surface area contributed by atoms with Crippen molar-refractivity contribution >= 4 is 21.6 Å². The normalized spacial score (nSPS) is 11.4. The Morgan fingerprint density at radius 2 is 1.95 bits per heavy atom. The number of nitrogens with one attached hydrogen (secondary N) is 1. The monoisotopic (exact) mass is 308 g/mol. The predicted molar refractivity (Wildman–Crippen MR) is 78.4 cm³/mol. The van der Waals surface area contributed by atoms with Gasteiger partial charge in [0.25, 0.3) is 5.91 Å². The van der Waals surface area contributed by atoms with Crippen LogP contribution in [0.2, 0.25) is 0 Å². The summed E-state index contributed by atoms with van der Waals surface area (Å²) < 4.78 is 23.9. The van der Waals surface area contributed by atoms with Crippen molar-refractivity contribution in [3.05, 3.63) is 41.7 Å². The van der Waals surface area contributed by atoms with Crippen LogP contribution >= 0.6 is 0 Å². The Bertz CT molecular complexity index is 763. The summed E-state index contributed by atoms with van der Waals surface area (Å²) in [6, 6.07) is 5.66. The van der Waals surface area contributed by atoms with Gasteiger partial charge in [0.15, 0.2) is 0 Å². The van der Waals surface area contributed by atoms with Crippen LogP contribution in [0.1, 0.15) is 23.0 Å². The highest BCUT2D eigenvalue weighted by Gasteiger charge is 2.15. The third-order valence-electron chi connectivity index (χ3n) is 2.93. The Morgan fingerprint density at radius 3 is 2.48 bits per heavy atom. The number of sulfonamides is 1. The van der Waals surface area contributed by atoms with Crippen molar-refractivity contribution in [3.63, 3.8) is 0 Å². The van der Waals surface area contributed by atoms with Gasteiger partial charge in [-0.05, 0) is 30.7 Å². The first-order valence-electron chi connectivity index (χ1n) is 6.28. The highest BCUT2D eigenvalue weighted by atomic mass is 32.2. The van der Waals surface area contributed by atoms with E-state index in [4.69, 9.17) is 5.14 Å². The van der Waals surface area contributed by atoms with Crippen LogP contribution < -0.4 is 10.5 Å². The van der Waals surface area contributed by atoms with Gasteiger partial charge in [-0.3, -0.25) is 9.48 Å². The number of amides is 1. The lowest BCUT2D eigenvalue weighted by Crippen LogP contribution is -2.14. The number of nitrogens with two attached hydrogens (primary N) is 1. The molecule has 7 nitrogen and oxygen atoms in total. The van der Waals surface area contributed by atoms with E-state index < -0.39 is 10.0 Å². The van der Waals surface area contributed by atoms with E-state index >= 15 is 0 Å². The quantitative estimate of drug-likeness (QED) is 0.874. The van der Waals surface area contributed by atoms with Gasteiger partial charge in [0.1, 0.15) is 0 Å². The molecule has 0 radical (unpaired) electrons. The maximum absolute atomic E-state index is 12.2. The number of benzene rings is 1. The molecule has 1 aromatic carbocycles. The van der Waals surface area contributed by atoms with Crippen molar-refractivity contribution < 1.29 is 13.2 Å². The SMILES string of the molecule is CCc1nn(C)cc1C(=O)Nc1ccc(S(N)(=O)=O)cc1. The topological polar surface area (TPSA) is 107 Å². The maximum atomic E-state index is 12.2. The summed E-state index contributed by atoms with van der Waals surface area (Å²) in [5.74, 6) is -0.289. The van der Waals surface area contributed by atoms with Crippen LogP contribution in [-0.2, 0) is 23.5 Å². The minimum atomic E-state index is -3.73.